The van der Waals surface area contributed by atoms with Gasteiger partial charge in [0.25, 0.3) is 5.88 Å². The van der Waals surface area contributed by atoms with Gasteiger partial charge in [-0.3, -0.25) is 4.99 Å². The van der Waals surface area contributed by atoms with E-state index in [0.717, 1.165) is 11.1 Å². The molecule has 29 heavy (non-hydrogen) atoms. The van der Waals surface area contributed by atoms with Crippen molar-refractivity contribution in [2.75, 3.05) is 13.2 Å². The van der Waals surface area contributed by atoms with Gasteiger partial charge in [-0.1, -0.05) is 12.1 Å². The molecule has 0 atom stereocenters. The van der Waals surface area contributed by atoms with Crippen LogP contribution in [0.1, 0.15) is 5.56 Å². The number of hydrogen-bond donors (Lipinski definition) is 1. The number of aromatic nitrogens is 1. The summed E-state index contributed by atoms with van der Waals surface area (Å²) in [5, 5.41) is 7.59. The van der Waals surface area contributed by atoms with E-state index in [-0.39, 0.29) is 12.4 Å². The van der Waals surface area contributed by atoms with Crippen LogP contribution in [0.3, 0.4) is 0 Å². The number of alkyl halides is 3. The van der Waals surface area contributed by atoms with Crippen molar-refractivity contribution in [3.63, 3.8) is 0 Å². The highest BCUT2D eigenvalue weighted by molar-refractivity contribution is 5.89. The Labute approximate surface area is 163 Å². The average Bonchev–Trinajstić information content (AvgIpc) is 3.10. The van der Waals surface area contributed by atoms with Gasteiger partial charge < -0.3 is 19.3 Å². The van der Waals surface area contributed by atoms with Crippen LogP contribution in [-0.2, 0) is 0 Å². The van der Waals surface area contributed by atoms with E-state index >= 15 is 0 Å². The molecule has 4 rings (SSSR count). The van der Waals surface area contributed by atoms with E-state index in [1.165, 1.54) is 6.07 Å². The van der Waals surface area contributed by atoms with Gasteiger partial charge in [-0.2, -0.15) is 0 Å². The zero-order valence-corrected chi connectivity index (χ0v) is 15.3. The van der Waals surface area contributed by atoms with Crippen LogP contribution >= 0.6 is 0 Å². The molecule has 2 aromatic carbocycles. The Morgan fingerprint density at radius 1 is 1.14 bits per heavy atom. The first kappa shape index (κ1) is 18.9. The van der Waals surface area contributed by atoms with Gasteiger partial charge in [-0.05, 0) is 59.1 Å². The van der Waals surface area contributed by atoms with E-state index in [1.54, 1.807) is 37.4 Å². The summed E-state index contributed by atoms with van der Waals surface area (Å²) in [6.45, 7) is 2.35. The molecule has 0 saturated carbocycles. The molecule has 2 heterocycles. The summed E-state index contributed by atoms with van der Waals surface area (Å²) < 4.78 is 52.4. The summed E-state index contributed by atoms with van der Waals surface area (Å²) in [7, 11) is 0. The molecule has 1 aromatic heterocycles. The fourth-order valence-corrected chi connectivity index (χ4v) is 2.91. The summed E-state index contributed by atoms with van der Waals surface area (Å²) in [5.74, 6) is 0.761. The Morgan fingerprint density at radius 2 is 1.93 bits per heavy atom. The van der Waals surface area contributed by atoms with Crippen molar-refractivity contribution in [3.05, 3.63) is 54.2 Å². The summed E-state index contributed by atoms with van der Waals surface area (Å²) in [6, 6.07) is 9.84. The normalized spacial score (nSPS) is 13.9. The molecule has 150 valence electrons. The van der Waals surface area contributed by atoms with E-state index in [9.17, 15) is 13.2 Å². The first-order valence-corrected chi connectivity index (χ1v) is 8.73. The van der Waals surface area contributed by atoms with Gasteiger partial charge in [0.1, 0.15) is 18.2 Å². The van der Waals surface area contributed by atoms with Crippen LogP contribution in [0.4, 0.5) is 13.2 Å². The summed E-state index contributed by atoms with van der Waals surface area (Å²) >= 11 is 0. The highest BCUT2D eigenvalue weighted by atomic mass is 19.4. The van der Waals surface area contributed by atoms with Gasteiger partial charge in [0.15, 0.2) is 5.58 Å². The number of ether oxygens (including phenoxy) is 2. The van der Waals surface area contributed by atoms with Gasteiger partial charge in [0.05, 0.1) is 11.9 Å². The average molecular weight is 403 g/mol. The number of hydrogen-bond acceptors (Lipinski definition) is 6. The molecule has 1 aliphatic heterocycles. The first-order chi connectivity index (χ1) is 13.9. The number of benzene rings is 2. The minimum atomic E-state index is -4.73. The minimum absolute atomic E-state index is 0.207. The van der Waals surface area contributed by atoms with Gasteiger partial charge in [-0.25, -0.2) is 0 Å². The fraction of sp³-hybridized carbons (Fsp3) is 0.200. The number of fused-ring (bicyclic) bond motifs is 1. The van der Waals surface area contributed by atoms with E-state index in [0.29, 0.717) is 34.8 Å². The number of amidine groups is 1. The Bertz CT molecular complexity index is 1100. The van der Waals surface area contributed by atoms with Crippen molar-refractivity contribution in [3.8, 4) is 22.8 Å². The van der Waals surface area contributed by atoms with E-state index < -0.39 is 6.36 Å². The van der Waals surface area contributed by atoms with Crippen molar-refractivity contribution < 1.29 is 27.2 Å². The monoisotopic (exact) mass is 403 g/mol. The second-order valence-corrected chi connectivity index (χ2v) is 6.35. The van der Waals surface area contributed by atoms with E-state index in [4.69, 9.17) is 9.26 Å². The maximum Gasteiger partial charge on any atom is 0.573 e. The third-order valence-electron chi connectivity index (χ3n) is 4.27. The Morgan fingerprint density at radius 3 is 2.66 bits per heavy atom. The molecular formula is C20H16F3N3O3. The first-order valence-electron chi connectivity index (χ1n) is 8.73. The van der Waals surface area contributed by atoms with Crippen LogP contribution in [0, 0.1) is 6.92 Å². The number of aliphatic imine (C=N–C) groups is 1. The van der Waals surface area contributed by atoms with Gasteiger partial charge in [-0.15, -0.1) is 13.2 Å². The molecule has 0 amide bonds. The maximum absolute atomic E-state index is 12.5. The molecule has 9 heteroatoms. The molecule has 0 radical (unpaired) electrons. The van der Waals surface area contributed by atoms with Crippen LogP contribution in [0.2, 0.25) is 0 Å². The molecule has 0 aliphatic carbocycles. The third-order valence-corrected chi connectivity index (χ3v) is 4.27. The van der Waals surface area contributed by atoms with Crippen molar-refractivity contribution >= 4 is 16.8 Å². The molecule has 1 aliphatic rings. The van der Waals surface area contributed by atoms with E-state index in [2.05, 4.69) is 20.2 Å². The quantitative estimate of drug-likeness (QED) is 0.675. The van der Waals surface area contributed by atoms with Crippen molar-refractivity contribution in [1.82, 2.24) is 10.5 Å². The molecule has 1 N–H and O–H groups in total. The standard InChI is InChI=1S/C20H16F3N3O3/c1-12-9-13(3-5-16(12)28-20(21,22)23)14-4-6-17-15(10-14)19(26-29-17)27-11-18-24-7-2-8-25-18/h2-7,9-10H,8,11H2,1H3,(H,24,25). The smallest absolute Gasteiger partial charge is 0.467 e. The van der Waals surface area contributed by atoms with E-state index in [1.807, 2.05) is 12.1 Å². The highest BCUT2D eigenvalue weighted by Crippen LogP contribution is 2.33. The predicted molar refractivity (Wildman–Crippen MR) is 101 cm³/mol. The van der Waals surface area contributed by atoms with Crippen LogP contribution in [0.15, 0.2) is 58.2 Å². The van der Waals surface area contributed by atoms with Crippen LogP contribution in [-0.4, -0.2) is 30.5 Å². The predicted octanol–water partition coefficient (Wildman–Crippen LogP) is 4.60. The van der Waals surface area contributed by atoms with Crippen LogP contribution < -0.4 is 14.8 Å². The second kappa shape index (κ2) is 7.50. The zero-order valence-electron chi connectivity index (χ0n) is 15.3. The summed E-state index contributed by atoms with van der Waals surface area (Å²) in [6.07, 6.45) is -1.05. The lowest BCUT2D eigenvalue weighted by Gasteiger charge is -2.12. The molecule has 3 aromatic rings. The Hall–Kier alpha value is -3.49. The van der Waals surface area contributed by atoms with Crippen molar-refractivity contribution in [2.24, 2.45) is 4.99 Å². The fourth-order valence-electron chi connectivity index (χ4n) is 2.91. The topological polar surface area (TPSA) is 68.9 Å². The SMILES string of the molecule is Cc1cc(-c2ccc3onc(OCC4=NCC=CN4)c3c2)ccc1OC(F)(F)F. The highest BCUT2D eigenvalue weighted by Gasteiger charge is 2.31. The van der Waals surface area contributed by atoms with Gasteiger partial charge in [0, 0.05) is 6.20 Å². The molecule has 0 saturated heterocycles. The minimum Gasteiger partial charge on any atom is -0.467 e. The molecule has 0 fully saturated rings. The number of nitrogens with one attached hydrogen (secondary N) is 1. The number of rotatable bonds is 5. The maximum atomic E-state index is 12.5. The lowest BCUT2D eigenvalue weighted by Crippen LogP contribution is -2.27. The number of nitrogens with zero attached hydrogens (tertiary/aromatic N) is 2. The Kier molecular flexibility index (Phi) is 4.87. The molecule has 0 bridgehead atoms. The molecule has 0 spiro atoms. The largest absolute Gasteiger partial charge is 0.573 e. The lowest BCUT2D eigenvalue weighted by molar-refractivity contribution is -0.274. The molecule has 0 unspecified atom stereocenters. The van der Waals surface area contributed by atoms with Crippen LogP contribution in [0.5, 0.6) is 11.6 Å². The van der Waals surface area contributed by atoms with Gasteiger partial charge >= 0.3 is 6.36 Å². The molecular weight excluding hydrogens is 387 g/mol. The van der Waals surface area contributed by atoms with Crippen molar-refractivity contribution in [2.45, 2.75) is 13.3 Å². The summed E-state index contributed by atoms with van der Waals surface area (Å²) in [5.41, 5.74) is 2.42. The second-order valence-electron chi connectivity index (χ2n) is 6.35. The number of aryl methyl sites for hydroxylation is 1. The van der Waals surface area contributed by atoms with Crippen molar-refractivity contribution in [1.29, 1.82) is 0 Å². The number of halogens is 3. The lowest BCUT2D eigenvalue weighted by atomic mass is 10.0. The molecule has 6 nitrogen and oxygen atoms in total. The third kappa shape index (κ3) is 4.34. The van der Waals surface area contributed by atoms with Crippen LogP contribution in [0.25, 0.3) is 22.1 Å². The summed E-state index contributed by atoms with van der Waals surface area (Å²) in [4.78, 5) is 4.26. The van der Waals surface area contributed by atoms with Gasteiger partial charge in [0.2, 0.25) is 0 Å². The zero-order chi connectivity index (χ0) is 20.4. The Balaban J connectivity index is 1.58.